The Hall–Kier alpha value is -4.16. The molecule has 0 unspecified atom stereocenters. The molecule has 0 aliphatic carbocycles. The number of rotatable bonds is 13. The molecule has 0 fully saturated rings. The lowest BCUT2D eigenvalue weighted by Gasteiger charge is -2.33. The number of nitro groups is 1. The fourth-order valence-corrected chi connectivity index (χ4v) is 6.07. The minimum atomic E-state index is -4.61. The van der Waals surface area contributed by atoms with Crippen LogP contribution in [0.4, 0.5) is 11.4 Å². The molecule has 0 radical (unpaired) electrons. The first-order valence-corrected chi connectivity index (χ1v) is 15.8. The predicted molar refractivity (Wildman–Crippen MR) is 169 cm³/mol. The van der Waals surface area contributed by atoms with E-state index in [0.717, 1.165) is 21.5 Å². The van der Waals surface area contributed by atoms with Crippen molar-refractivity contribution in [2.24, 2.45) is 0 Å². The molecule has 0 saturated heterocycles. The number of sulfonamides is 1. The van der Waals surface area contributed by atoms with E-state index in [1.54, 1.807) is 6.92 Å². The van der Waals surface area contributed by atoms with Crippen molar-refractivity contribution in [1.82, 2.24) is 10.2 Å². The van der Waals surface area contributed by atoms with Crippen LogP contribution in [-0.2, 0) is 26.2 Å². The molecule has 11 nitrogen and oxygen atoms in total. The van der Waals surface area contributed by atoms with Gasteiger partial charge in [0.05, 0.1) is 22.6 Å². The van der Waals surface area contributed by atoms with Gasteiger partial charge in [-0.05, 0) is 69.5 Å². The Labute approximate surface area is 263 Å². The van der Waals surface area contributed by atoms with Crippen LogP contribution in [0.15, 0.2) is 65.6 Å². The third-order valence-electron chi connectivity index (χ3n) is 7.42. The zero-order chi connectivity index (χ0) is 32.8. The maximum atomic E-state index is 14.2. The van der Waals surface area contributed by atoms with Crippen LogP contribution >= 0.6 is 11.6 Å². The fraction of sp³-hybridized carbons (Fsp3) is 0.355. The van der Waals surface area contributed by atoms with Crippen LogP contribution in [-0.4, -0.2) is 55.8 Å². The van der Waals surface area contributed by atoms with Crippen molar-refractivity contribution in [3.8, 4) is 5.75 Å². The highest BCUT2D eigenvalue weighted by molar-refractivity contribution is 7.92. The number of amides is 2. The molecular weight excluding hydrogens is 608 g/mol. The van der Waals surface area contributed by atoms with Gasteiger partial charge in [-0.15, -0.1) is 0 Å². The summed E-state index contributed by atoms with van der Waals surface area (Å²) in [7, 11) is -3.28. The van der Waals surface area contributed by atoms with Crippen LogP contribution in [0.2, 0.25) is 5.02 Å². The summed E-state index contributed by atoms with van der Waals surface area (Å²) in [6.07, 6.45) is 0.674. The number of halogens is 1. The van der Waals surface area contributed by atoms with Crippen LogP contribution in [0.3, 0.4) is 0 Å². The second kappa shape index (κ2) is 14.5. The molecule has 0 aliphatic heterocycles. The molecule has 0 saturated carbocycles. The Balaban J connectivity index is 2.17. The number of hydrogen-bond acceptors (Lipinski definition) is 7. The fourth-order valence-electron chi connectivity index (χ4n) is 4.46. The Morgan fingerprint density at radius 2 is 1.73 bits per heavy atom. The SMILES string of the molecule is CC[C@H](C)NC(=O)[C@H](C)N(Cc1ccccc1C)C(=O)CN(c1cc(Cl)ccc1OC)S(=O)(=O)c1ccc(C)c([N+](=O)[O-])c1. The van der Waals surface area contributed by atoms with Crippen molar-refractivity contribution >= 4 is 44.8 Å². The summed E-state index contributed by atoms with van der Waals surface area (Å²) in [6, 6.07) is 14.0. The summed E-state index contributed by atoms with van der Waals surface area (Å²) in [6.45, 7) is 7.98. The second-order valence-electron chi connectivity index (χ2n) is 10.5. The summed E-state index contributed by atoms with van der Waals surface area (Å²) >= 11 is 6.26. The number of methoxy groups -OCH3 is 1. The summed E-state index contributed by atoms with van der Waals surface area (Å²) < 4.78 is 34.7. The number of nitrogens with one attached hydrogen (secondary N) is 1. The monoisotopic (exact) mass is 644 g/mol. The zero-order valence-electron chi connectivity index (χ0n) is 25.5. The van der Waals surface area contributed by atoms with E-state index in [9.17, 15) is 28.1 Å². The van der Waals surface area contributed by atoms with E-state index in [2.05, 4.69) is 5.32 Å². The highest BCUT2D eigenvalue weighted by Gasteiger charge is 2.35. The van der Waals surface area contributed by atoms with Crippen LogP contribution in [0.1, 0.15) is 43.9 Å². The average Bonchev–Trinajstić information content (AvgIpc) is 2.98. The topological polar surface area (TPSA) is 139 Å². The molecule has 44 heavy (non-hydrogen) atoms. The Bertz CT molecular complexity index is 1650. The van der Waals surface area contributed by atoms with Crippen LogP contribution in [0.25, 0.3) is 0 Å². The Morgan fingerprint density at radius 1 is 1.05 bits per heavy atom. The van der Waals surface area contributed by atoms with E-state index in [4.69, 9.17) is 16.3 Å². The lowest BCUT2D eigenvalue weighted by molar-refractivity contribution is -0.385. The van der Waals surface area contributed by atoms with Gasteiger partial charge in [0.2, 0.25) is 11.8 Å². The number of carbonyl (C=O) groups excluding carboxylic acids is 2. The molecule has 0 aliphatic rings. The molecule has 3 rings (SSSR count). The van der Waals surface area contributed by atoms with Gasteiger partial charge in [-0.2, -0.15) is 0 Å². The molecule has 13 heteroatoms. The Kier molecular flexibility index (Phi) is 11.3. The first-order valence-electron chi connectivity index (χ1n) is 14.0. The number of anilines is 1. The van der Waals surface area contributed by atoms with Gasteiger partial charge in [0.1, 0.15) is 18.3 Å². The van der Waals surface area contributed by atoms with Gasteiger partial charge in [-0.3, -0.25) is 24.0 Å². The molecule has 3 aromatic rings. The van der Waals surface area contributed by atoms with E-state index in [1.807, 2.05) is 45.0 Å². The van der Waals surface area contributed by atoms with Gasteiger partial charge in [-0.1, -0.05) is 48.9 Å². The van der Waals surface area contributed by atoms with Gasteiger partial charge in [0.15, 0.2) is 0 Å². The van der Waals surface area contributed by atoms with Crippen molar-refractivity contribution < 1.29 is 27.7 Å². The molecule has 2 atom stereocenters. The van der Waals surface area contributed by atoms with Crippen LogP contribution in [0.5, 0.6) is 5.75 Å². The van der Waals surface area contributed by atoms with Gasteiger partial charge < -0.3 is 15.0 Å². The van der Waals surface area contributed by atoms with Crippen molar-refractivity contribution in [3.05, 3.63) is 92.5 Å². The van der Waals surface area contributed by atoms with E-state index in [0.29, 0.717) is 6.42 Å². The first-order chi connectivity index (χ1) is 20.7. The summed E-state index contributed by atoms with van der Waals surface area (Å²) in [5.41, 5.74) is 1.47. The molecule has 0 heterocycles. The maximum Gasteiger partial charge on any atom is 0.273 e. The lowest BCUT2D eigenvalue weighted by Crippen LogP contribution is -2.52. The van der Waals surface area contributed by atoms with Crippen molar-refractivity contribution in [2.75, 3.05) is 18.0 Å². The van der Waals surface area contributed by atoms with E-state index >= 15 is 0 Å². The van der Waals surface area contributed by atoms with Gasteiger partial charge in [0, 0.05) is 29.2 Å². The molecular formula is C31H37ClN4O7S. The molecule has 2 amide bonds. The molecule has 0 spiro atoms. The normalized spacial score (nSPS) is 12.6. The number of ether oxygens (including phenoxy) is 1. The van der Waals surface area contributed by atoms with E-state index < -0.39 is 49.9 Å². The number of hydrogen-bond donors (Lipinski definition) is 1. The van der Waals surface area contributed by atoms with E-state index in [1.165, 1.54) is 49.3 Å². The van der Waals surface area contributed by atoms with Crippen molar-refractivity contribution in [2.45, 2.75) is 64.6 Å². The molecule has 0 aromatic heterocycles. The second-order valence-corrected chi connectivity index (χ2v) is 12.8. The van der Waals surface area contributed by atoms with Crippen molar-refractivity contribution in [3.63, 3.8) is 0 Å². The lowest BCUT2D eigenvalue weighted by atomic mass is 10.1. The number of nitro benzene ring substituents is 1. The molecule has 236 valence electrons. The average molecular weight is 645 g/mol. The molecule has 1 N–H and O–H groups in total. The van der Waals surface area contributed by atoms with E-state index in [-0.39, 0.29) is 34.6 Å². The third kappa shape index (κ3) is 7.86. The van der Waals surface area contributed by atoms with Gasteiger partial charge in [-0.25, -0.2) is 8.42 Å². The van der Waals surface area contributed by atoms with Crippen LogP contribution in [0, 0.1) is 24.0 Å². The standard InChI is InChI=1S/C31H37ClN4O7S/c1-7-22(4)33-31(38)23(5)34(18-24-11-9-8-10-20(24)2)30(37)19-35(28-16-25(32)13-15-29(28)43-6)44(41,42)26-14-12-21(3)27(17-26)36(39)40/h8-17,22-23H,7,18-19H2,1-6H3,(H,33,38)/t22-,23-/m0/s1. The quantitative estimate of drug-likeness (QED) is 0.194. The number of benzene rings is 3. The van der Waals surface area contributed by atoms with Crippen LogP contribution < -0.4 is 14.4 Å². The zero-order valence-corrected chi connectivity index (χ0v) is 27.1. The number of aryl methyl sites for hydroxylation is 2. The van der Waals surface area contributed by atoms with Gasteiger partial charge in [0.25, 0.3) is 15.7 Å². The molecule has 0 bridgehead atoms. The summed E-state index contributed by atoms with van der Waals surface area (Å²) in [5.74, 6) is -0.988. The minimum absolute atomic E-state index is 0.0250. The highest BCUT2D eigenvalue weighted by atomic mass is 35.5. The number of nitrogens with zero attached hydrogens (tertiary/aromatic N) is 3. The maximum absolute atomic E-state index is 14.2. The largest absolute Gasteiger partial charge is 0.495 e. The minimum Gasteiger partial charge on any atom is -0.495 e. The highest BCUT2D eigenvalue weighted by Crippen LogP contribution is 2.36. The third-order valence-corrected chi connectivity index (χ3v) is 9.41. The van der Waals surface area contributed by atoms with Crippen molar-refractivity contribution in [1.29, 1.82) is 0 Å². The van der Waals surface area contributed by atoms with Gasteiger partial charge >= 0.3 is 0 Å². The first kappa shape index (κ1) is 34.3. The smallest absolute Gasteiger partial charge is 0.273 e. The number of carbonyl (C=O) groups is 2. The predicted octanol–water partition coefficient (Wildman–Crippen LogP) is 5.40. The molecule has 3 aromatic carbocycles. The Morgan fingerprint density at radius 3 is 2.34 bits per heavy atom. The summed E-state index contributed by atoms with van der Waals surface area (Å²) in [4.78, 5) is 39.3. The summed E-state index contributed by atoms with van der Waals surface area (Å²) in [5, 5.41) is 14.7.